The zero-order valence-corrected chi connectivity index (χ0v) is 15.8. The zero-order valence-electron chi connectivity index (χ0n) is 13.2. The lowest BCUT2D eigenvalue weighted by Crippen LogP contribution is -2.36. The summed E-state index contributed by atoms with van der Waals surface area (Å²) in [5.74, 6) is 0. The van der Waals surface area contributed by atoms with Crippen LogP contribution >= 0.6 is 23.1 Å². The lowest BCUT2D eigenvalue weighted by molar-refractivity contribution is -0.384. The molecule has 0 fully saturated rings. The van der Waals surface area contributed by atoms with E-state index in [9.17, 15) is 10.1 Å². The van der Waals surface area contributed by atoms with Crippen molar-refractivity contribution in [3.05, 3.63) is 58.6 Å². The van der Waals surface area contributed by atoms with E-state index in [4.69, 9.17) is 0 Å². The molecular formula is C17H17NO2S2Si. The highest BCUT2D eigenvalue weighted by atomic mass is 32.2. The van der Waals surface area contributed by atoms with Gasteiger partial charge in [0.15, 0.2) is 0 Å². The van der Waals surface area contributed by atoms with Crippen LogP contribution < -0.4 is 4.50 Å². The highest BCUT2D eigenvalue weighted by Gasteiger charge is 2.25. The first-order valence-electron chi connectivity index (χ1n) is 7.30. The molecule has 3 nitrogen and oxygen atoms in total. The predicted octanol–water partition coefficient (Wildman–Crippen LogP) is 5.51. The molecule has 0 saturated heterocycles. The molecule has 1 aromatic heterocycles. The summed E-state index contributed by atoms with van der Waals surface area (Å²) in [5, 5.41) is 12.1. The van der Waals surface area contributed by atoms with Gasteiger partial charge in [0.05, 0.1) is 13.0 Å². The van der Waals surface area contributed by atoms with Crippen LogP contribution in [0.25, 0.3) is 10.1 Å². The van der Waals surface area contributed by atoms with Crippen LogP contribution in [0.2, 0.25) is 19.6 Å². The summed E-state index contributed by atoms with van der Waals surface area (Å²) in [4.78, 5) is 12.8. The Morgan fingerprint density at radius 1 is 1.04 bits per heavy atom. The second-order valence-electron chi connectivity index (χ2n) is 6.36. The van der Waals surface area contributed by atoms with E-state index in [2.05, 4.69) is 43.9 Å². The number of thiophene rings is 1. The first kappa shape index (κ1) is 16.2. The number of non-ortho nitro benzene ring substituents is 1. The Bertz CT molecular complexity index is 866. The van der Waals surface area contributed by atoms with Gasteiger partial charge in [-0.05, 0) is 18.2 Å². The Hall–Kier alpha value is -1.63. The normalized spacial score (nSPS) is 11.8. The summed E-state index contributed by atoms with van der Waals surface area (Å²) in [6.45, 7) is 7.08. The molecule has 118 valence electrons. The van der Waals surface area contributed by atoms with Crippen LogP contribution in [0, 0.1) is 10.1 Å². The number of hydrogen-bond acceptors (Lipinski definition) is 4. The summed E-state index contributed by atoms with van der Waals surface area (Å²) in [7, 11) is -1.45. The molecule has 2 aromatic carbocycles. The van der Waals surface area contributed by atoms with E-state index < -0.39 is 8.07 Å². The number of benzene rings is 2. The molecule has 1 heterocycles. The predicted molar refractivity (Wildman–Crippen MR) is 102 cm³/mol. The fourth-order valence-corrected chi connectivity index (χ4v) is 7.87. The van der Waals surface area contributed by atoms with Crippen LogP contribution in [0.1, 0.15) is 0 Å². The molecule has 6 heteroatoms. The highest BCUT2D eigenvalue weighted by Crippen LogP contribution is 2.38. The Kier molecular flexibility index (Phi) is 4.31. The molecule has 0 saturated carbocycles. The molecule has 0 aliphatic rings. The monoisotopic (exact) mass is 359 g/mol. The number of nitrogens with zero attached hydrogens (tertiary/aromatic N) is 1. The van der Waals surface area contributed by atoms with Crippen molar-refractivity contribution in [3.63, 3.8) is 0 Å². The molecule has 3 rings (SSSR count). The molecule has 0 aliphatic heterocycles. The third-order valence-corrected chi connectivity index (χ3v) is 9.68. The van der Waals surface area contributed by atoms with Crippen molar-refractivity contribution in [2.24, 2.45) is 0 Å². The van der Waals surface area contributed by atoms with E-state index in [0.717, 1.165) is 4.90 Å². The largest absolute Gasteiger partial charge is 0.269 e. The molecule has 3 aromatic rings. The molecule has 0 N–H and O–H groups in total. The van der Waals surface area contributed by atoms with E-state index in [-0.39, 0.29) is 10.6 Å². The van der Waals surface area contributed by atoms with E-state index in [1.54, 1.807) is 23.9 Å². The van der Waals surface area contributed by atoms with E-state index in [1.807, 2.05) is 23.5 Å². The number of rotatable bonds is 4. The van der Waals surface area contributed by atoms with Crippen molar-refractivity contribution >= 4 is 51.4 Å². The first-order chi connectivity index (χ1) is 10.9. The van der Waals surface area contributed by atoms with Gasteiger partial charge in [-0.25, -0.2) is 0 Å². The van der Waals surface area contributed by atoms with Crippen LogP contribution in [-0.4, -0.2) is 13.0 Å². The van der Waals surface area contributed by atoms with Crippen LogP contribution in [0.5, 0.6) is 0 Å². The van der Waals surface area contributed by atoms with E-state index in [0.29, 0.717) is 0 Å². The minimum Gasteiger partial charge on any atom is -0.258 e. The fourth-order valence-electron chi connectivity index (χ4n) is 2.37. The highest BCUT2D eigenvalue weighted by molar-refractivity contribution is 8.00. The number of nitro groups is 1. The zero-order chi connectivity index (χ0) is 16.6. The minimum atomic E-state index is -1.45. The van der Waals surface area contributed by atoms with Crippen molar-refractivity contribution in [1.82, 2.24) is 0 Å². The number of hydrogen-bond donors (Lipinski definition) is 0. The molecule has 0 amide bonds. The van der Waals surface area contributed by atoms with Crippen LogP contribution in [0.15, 0.2) is 58.3 Å². The van der Waals surface area contributed by atoms with Crippen LogP contribution in [-0.2, 0) is 0 Å². The Morgan fingerprint density at radius 3 is 2.30 bits per heavy atom. The van der Waals surface area contributed by atoms with E-state index >= 15 is 0 Å². The van der Waals surface area contributed by atoms with Gasteiger partial charge in [-0.1, -0.05) is 49.6 Å². The topological polar surface area (TPSA) is 43.1 Å². The fraction of sp³-hybridized carbons (Fsp3) is 0.176. The Labute approximate surface area is 144 Å². The van der Waals surface area contributed by atoms with Crippen molar-refractivity contribution in [2.45, 2.75) is 29.4 Å². The molecule has 23 heavy (non-hydrogen) atoms. The number of nitro benzene ring substituents is 1. The molecule has 0 unspecified atom stereocenters. The molecular weight excluding hydrogens is 342 g/mol. The van der Waals surface area contributed by atoms with Gasteiger partial charge in [-0.2, -0.15) is 0 Å². The summed E-state index contributed by atoms with van der Waals surface area (Å²) in [6, 6.07) is 15.3. The third-order valence-electron chi connectivity index (χ3n) is 3.50. The van der Waals surface area contributed by atoms with Gasteiger partial charge in [0, 0.05) is 36.5 Å². The maximum atomic E-state index is 10.8. The summed E-state index contributed by atoms with van der Waals surface area (Å²) in [6.07, 6.45) is 0. The Balaban J connectivity index is 2.06. The lowest BCUT2D eigenvalue weighted by atomic mass is 10.3. The Morgan fingerprint density at radius 2 is 1.70 bits per heavy atom. The summed E-state index contributed by atoms with van der Waals surface area (Å²) in [5.41, 5.74) is 0.134. The summed E-state index contributed by atoms with van der Waals surface area (Å²) < 4.78 is 2.80. The van der Waals surface area contributed by atoms with Gasteiger partial charge in [0.2, 0.25) is 0 Å². The average molecular weight is 360 g/mol. The van der Waals surface area contributed by atoms with Gasteiger partial charge in [-0.3, -0.25) is 10.1 Å². The van der Waals surface area contributed by atoms with E-state index in [1.165, 1.54) is 19.5 Å². The van der Waals surface area contributed by atoms with Gasteiger partial charge in [0.25, 0.3) is 5.69 Å². The van der Waals surface area contributed by atoms with Crippen molar-refractivity contribution in [2.75, 3.05) is 0 Å². The molecule has 0 spiro atoms. The van der Waals surface area contributed by atoms with Gasteiger partial charge in [-0.15, -0.1) is 11.3 Å². The first-order valence-corrected chi connectivity index (χ1v) is 12.4. The molecule has 0 bridgehead atoms. The maximum absolute atomic E-state index is 10.8. The van der Waals surface area contributed by atoms with Gasteiger partial charge >= 0.3 is 0 Å². The second-order valence-corrected chi connectivity index (χ2v) is 13.9. The van der Waals surface area contributed by atoms with Crippen LogP contribution in [0.4, 0.5) is 5.69 Å². The molecule has 0 radical (unpaired) electrons. The van der Waals surface area contributed by atoms with Crippen molar-refractivity contribution in [1.29, 1.82) is 0 Å². The van der Waals surface area contributed by atoms with Crippen molar-refractivity contribution < 1.29 is 4.92 Å². The average Bonchev–Trinajstić information content (AvgIpc) is 2.87. The molecule has 0 atom stereocenters. The van der Waals surface area contributed by atoms with Crippen LogP contribution in [0.3, 0.4) is 0 Å². The lowest BCUT2D eigenvalue weighted by Gasteiger charge is -2.16. The maximum Gasteiger partial charge on any atom is 0.269 e. The number of fused-ring (bicyclic) bond motifs is 1. The summed E-state index contributed by atoms with van der Waals surface area (Å²) >= 11 is 3.61. The SMILES string of the molecule is C[Si](C)(C)c1sc2ccccc2c1Sc1ccc([N+](=O)[O-])cc1. The molecule has 0 aliphatic carbocycles. The van der Waals surface area contributed by atoms with Gasteiger partial charge in [0.1, 0.15) is 0 Å². The van der Waals surface area contributed by atoms with Gasteiger partial charge < -0.3 is 0 Å². The smallest absolute Gasteiger partial charge is 0.258 e. The second kappa shape index (κ2) is 6.11. The quantitative estimate of drug-likeness (QED) is 0.351. The minimum absolute atomic E-state index is 0.134. The third kappa shape index (κ3) is 3.34. The standard InChI is InChI=1S/C17H17NO2S2Si/c1-23(2,3)17-16(14-6-4-5-7-15(14)22-17)21-13-10-8-12(9-11-13)18(19)20/h4-11H,1-3H3. The van der Waals surface area contributed by atoms with Crippen molar-refractivity contribution in [3.8, 4) is 0 Å².